The standard InChI is InChI=1S/C17H14F3NO5/c1-25-14-7-10(16(23)24)5-6-13(14)26-9-15(22)21-12-4-2-3-11(8-12)17(18,19)20/h2-8H,9H2,1H3,(H,21,22)(H,23,24). The summed E-state index contributed by atoms with van der Waals surface area (Å²) >= 11 is 0. The predicted molar refractivity (Wildman–Crippen MR) is 85.5 cm³/mol. The lowest BCUT2D eigenvalue weighted by molar-refractivity contribution is -0.137. The fraction of sp³-hybridized carbons (Fsp3) is 0.176. The molecule has 0 radical (unpaired) electrons. The number of carboxylic acids is 1. The Labute approximate surface area is 146 Å². The van der Waals surface area contributed by atoms with E-state index in [2.05, 4.69) is 5.32 Å². The van der Waals surface area contributed by atoms with Crippen LogP contribution in [0.5, 0.6) is 11.5 Å². The highest BCUT2D eigenvalue weighted by atomic mass is 19.4. The minimum absolute atomic E-state index is 0.0254. The largest absolute Gasteiger partial charge is 0.493 e. The zero-order valence-corrected chi connectivity index (χ0v) is 13.5. The number of carbonyl (C=O) groups excluding carboxylic acids is 1. The van der Waals surface area contributed by atoms with Crippen molar-refractivity contribution < 1.29 is 37.3 Å². The van der Waals surface area contributed by atoms with Crippen LogP contribution < -0.4 is 14.8 Å². The van der Waals surface area contributed by atoms with Gasteiger partial charge in [0.2, 0.25) is 0 Å². The number of methoxy groups -OCH3 is 1. The SMILES string of the molecule is COc1cc(C(=O)O)ccc1OCC(=O)Nc1cccc(C(F)(F)F)c1. The first-order valence-corrected chi connectivity index (χ1v) is 7.22. The summed E-state index contributed by atoms with van der Waals surface area (Å²) in [4.78, 5) is 22.8. The second kappa shape index (κ2) is 7.77. The van der Waals surface area contributed by atoms with Gasteiger partial charge in [0.05, 0.1) is 18.2 Å². The highest BCUT2D eigenvalue weighted by Gasteiger charge is 2.30. The number of hydrogen-bond donors (Lipinski definition) is 2. The maximum Gasteiger partial charge on any atom is 0.416 e. The molecule has 6 nitrogen and oxygen atoms in total. The summed E-state index contributed by atoms with van der Waals surface area (Å²) in [5, 5.41) is 11.2. The molecule has 0 spiro atoms. The molecule has 2 N–H and O–H groups in total. The Morgan fingerprint density at radius 2 is 1.85 bits per heavy atom. The molecular formula is C17H14F3NO5. The molecule has 0 saturated heterocycles. The normalized spacial score (nSPS) is 10.9. The summed E-state index contributed by atoms with van der Waals surface area (Å²) in [7, 11) is 1.30. The zero-order valence-electron chi connectivity index (χ0n) is 13.5. The van der Waals surface area contributed by atoms with Crippen molar-refractivity contribution in [3.8, 4) is 11.5 Å². The van der Waals surface area contributed by atoms with Crippen LogP contribution in [0.15, 0.2) is 42.5 Å². The van der Waals surface area contributed by atoms with E-state index in [4.69, 9.17) is 14.6 Å². The van der Waals surface area contributed by atoms with E-state index >= 15 is 0 Å². The monoisotopic (exact) mass is 369 g/mol. The number of benzene rings is 2. The Hall–Kier alpha value is -3.23. The van der Waals surface area contributed by atoms with Crippen LogP contribution in [0.3, 0.4) is 0 Å². The molecule has 0 aliphatic heterocycles. The number of alkyl halides is 3. The Balaban J connectivity index is 2.02. The first-order chi connectivity index (χ1) is 12.2. The third kappa shape index (κ3) is 4.88. The summed E-state index contributed by atoms with van der Waals surface area (Å²) < 4.78 is 48.2. The predicted octanol–water partition coefficient (Wildman–Crippen LogP) is 3.43. The van der Waals surface area contributed by atoms with Gasteiger partial charge in [0.15, 0.2) is 18.1 Å². The molecule has 0 aromatic heterocycles. The van der Waals surface area contributed by atoms with E-state index in [1.165, 1.54) is 37.4 Å². The van der Waals surface area contributed by atoms with Gasteiger partial charge in [-0.3, -0.25) is 4.79 Å². The minimum Gasteiger partial charge on any atom is -0.493 e. The van der Waals surface area contributed by atoms with Crippen molar-refractivity contribution in [2.45, 2.75) is 6.18 Å². The number of halogens is 3. The molecule has 0 unspecified atom stereocenters. The number of nitrogens with one attached hydrogen (secondary N) is 1. The maximum absolute atomic E-state index is 12.7. The molecule has 0 atom stereocenters. The number of carboxylic acid groups (broad SMARTS) is 1. The Morgan fingerprint density at radius 1 is 1.12 bits per heavy atom. The topological polar surface area (TPSA) is 84.9 Å². The second-order valence-corrected chi connectivity index (χ2v) is 5.09. The quantitative estimate of drug-likeness (QED) is 0.815. The van der Waals surface area contributed by atoms with Gasteiger partial charge in [-0.25, -0.2) is 4.79 Å². The van der Waals surface area contributed by atoms with Crippen molar-refractivity contribution in [2.24, 2.45) is 0 Å². The van der Waals surface area contributed by atoms with Gasteiger partial charge in [-0.2, -0.15) is 13.2 Å². The van der Waals surface area contributed by atoms with E-state index in [1.807, 2.05) is 0 Å². The molecular weight excluding hydrogens is 355 g/mol. The summed E-state index contributed by atoms with van der Waals surface area (Å²) in [6, 6.07) is 8.00. The molecule has 2 aromatic rings. The van der Waals surface area contributed by atoms with Gasteiger partial charge >= 0.3 is 12.1 Å². The molecule has 0 aliphatic rings. The molecule has 0 heterocycles. The number of hydrogen-bond acceptors (Lipinski definition) is 4. The van der Waals surface area contributed by atoms with E-state index < -0.39 is 30.2 Å². The van der Waals surface area contributed by atoms with E-state index in [9.17, 15) is 22.8 Å². The summed E-state index contributed by atoms with van der Waals surface area (Å²) in [6.07, 6.45) is -4.52. The zero-order chi connectivity index (χ0) is 19.3. The van der Waals surface area contributed by atoms with Crippen LogP contribution >= 0.6 is 0 Å². The van der Waals surface area contributed by atoms with Crippen LogP contribution in [-0.2, 0) is 11.0 Å². The van der Waals surface area contributed by atoms with Crippen molar-refractivity contribution in [2.75, 3.05) is 19.0 Å². The lowest BCUT2D eigenvalue weighted by Crippen LogP contribution is -2.20. The summed E-state index contributed by atoms with van der Waals surface area (Å²) in [5.74, 6) is -1.61. The van der Waals surface area contributed by atoms with Crippen molar-refractivity contribution >= 4 is 17.6 Å². The van der Waals surface area contributed by atoms with Gasteiger partial charge in [0, 0.05) is 5.69 Å². The number of carbonyl (C=O) groups is 2. The van der Waals surface area contributed by atoms with Gasteiger partial charge in [0.1, 0.15) is 0 Å². The van der Waals surface area contributed by atoms with Gasteiger partial charge in [-0.1, -0.05) is 6.07 Å². The third-order valence-corrected chi connectivity index (χ3v) is 3.24. The van der Waals surface area contributed by atoms with Crippen molar-refractivity contribution in [3.05, 3.63) is 53.6 Å². The highest BCUT2D eigenvalue weighted by Crippen LogP contribution is 2.31. The van der Waals surface area contributed by atoms with Crippen molar-refractivity contribution in [3.63, 3.8) is 0 Å². The average Bonchev–Trinajstić information content (AvgIpc) is 2.59. The van der Waals surface area contributed by atoms with Crippen molar-refractivity contribution in [1.82, 2.24) is 0 Å². The molecule has 0 fully saturated rings. The van der Waals surface area contributed by atoms with E-state index in [0.29, 0.717) is 0 Å². The number of rotatable bonds is 6. The number of ether oxygens (including phenoxy) is 2. The number of anilines is 1. The Kier molecular flexibility index (Phi) is 5.71. The molecule has 0 bridgehead atoms. The highest BCUT2D eigenvalue weighted by molar-refractivity contribution is 5.92. The minimum atomic E-state index is -4.52. The fourth-order valence-corrected chi connectivity index (χ4v) is 2.03. The maximum atomic E-state index is 12.7. The Morgan fingerprint density at radius 3 is 2.46 bits per heavy atom. The number of amides is 1. The molecule has 1 amide bonds. The van der Waals surface area contributed by atoms with Crippen molar-refractivity contribution in [1.29, 1.82) is 0 Å². The van der Waals surface area contributed by atoms with Crippen LogP contribution in [-0.4, -0.2) is 30.7 Å². The smallest absolute Gasteiger partial charge is 0.416 e. The van der Waals surface area contributed by atoms with Crippen LogP contribution in [0.25, 0.3) is 0 Å². The van der Waals surface area contributed by atoms with Gasteiger partial charge in [0.25, 0.3) is 5.91 Å². The molecule has 26 heavy (non-hydrogen) atoms. The Bertz CT molecular complexity index is 820. The van der Waals surface area contributed by atoms with Crippen LogP contribution in [0.1, 0.15) is 15.9 Å². The molecule has 9 heteroatoms. The molecule has 0 saturated carbocycles. The van der Waals surface area contributed by atoms with Gasteiger partial charge in [-0.15, -0.1) is 0 Å². The average molecular weight is 369 g/mol. The molecule has 2 aromatic carbocycles. The second-order valence-electron chi connectivity index (χ2n) is 5.09. The lowest BCUT2D eigenvalue weighted by Gasteiger charge is -2.12. The summed E-state index contributed by atoms with van der Waals surface area (Å²) in [5.41, 5.74) is -0.939. The molecule has 0 aliphatic carbocycles. The van der Waals surface area contributed by atoms with E-state index in [-0.39, 0.29) is 22.7 Å². The van der Waals surface area contributed by atoms with E-state index in [0.717, 1.165) is 12.1 Å². The van der Waals surface area contributed by atoms with Crippen LogP contribution in [0.2, 0.25) is 0 Å². The van der Waals surface area contributed by atoms with Crippen LogP contribution in [0, 0.1) is 0 Å². The fourth-order valence-electron chi connectivity index (χ4n) is 2.03. The molecule has 138 valence electrons. The van der Waals surface area contributed by atoms with E-state index in [1.54, 1.807) is 0 Å². The van der Waals surface area contributed by atoms with Gasteiger partial charge in [-0.05, 0) is 36.4 Å². The first kappa shape index (κ1) is 19.1. The first-order valence-electron chi connectivity index (χ1n) is 7.22. The van der Waals surface area contributed by atoms with Gasteiger partial charge < -0.3 is 19.9 Å². The lowest BCUT2D eigenvalue weighted by atomic mass is 10.2. The number of aromatic carboxylic acids is 1. The molecule has 2 rings (SSSR count). The van der Waals surface area contributed by atoms with Crippen LogP contribution in [0.4, 0.5) is 18.9 Å². The summed E-state index contributed by atoms with van der Waals surface area (Å²) in [6.45, 7) is -0.501. The third-order valence-electron chi connectivity index (χ3n) is 3.24.